The van der Waals surface area contributed by atoms with Crippen molar-refractivity contribution < 1.29 is 14.3 Å². The highest BCUT2D eigenvalue weighted by Crippen LogP contribution is 2.33. The molecule has 0 N–H and O–H groups in total. The molecule has 2 heterocycles. The number of nitrogens with zero attached hydrogens (tertiary/aromatic N) is 2. The van der Waals surface area contributed by atoms with E-state index in [1.54, 1.807) is 58.0 Å². The molecule has 0 saturated heterocycles. The number of hydrogen-bond donors (Lipinski definition) is 0. The van der Waals surface area contributed by atoms with Gasteiger partial charge in [-0.25, -0.2) is 14.2 Å². The predicted octanol–water partition coefficient (Wildman–Crippen LogP) is 4.26. The SMILES string of the molecule is Cc1c(Br)sc2c1c(=O)n(C(C)(C)C(=O)OC(C)(C)C)c(=O)n2CC(=O)c1ccccc1. The summed E-state index contributed by atoms with van der Waals surface area (Å²) in [6.07, 6.45) is 0. The molecule has 170 valence electrons. The van der Waals surface area contributed by atoms with Gasteiger partial charge in [0.05, 0.1) is 15.7 Å². The molecule has 9 heteroatoms. The van der Waals surface area contributed by atoms with Crippen molar-refractivity contribution in [3.63, 3.8) is 0 Å². The fraction of sp³-hybridized carbons (Fsp3) is 0.391. The van der Waals surface area contributed by atoms with Crippen molar-refractivity contribution in [3.05, 3.63) is 66.1 Å². The molecule has 0 bridgehead atoms. The number of aryl methyl sites for hydroxylation is 1. The van der Waals surface area contributed by atoms with E-state index in [4.69, 9.17) is 4.74 Å². The number of fused-ring (bicyclic) bond motifs is 1. The van der Waals surface area contributed by atoms with Crippen LogP contribution in [0.25, 0.3) is 10.2 Å². The number of thiophene rings is 1. The zero-order valence-corrected chi connectivity index (χ0v) is 21.2. The van der Waals surface area contributed by atoms with Crippen LogP contribution in [-0.2, 0) is 21.6 Å². The van der Waals surface area contributed by atoms with Crippen molar-refractivity contribution in [1.29, 1.82) is 0 Å². The average Bonchev–Trinajstić information content (AvgIpc) is 2.99. The molecule has 0 atom stereocenters. The summed E-state index contributed by atoms with van der Waals surface area (Å²) in [7, 11) is 0. The highest BCUT2D eigenvalue weighted by Gasteiger charge is 2.38. The first-order chi connectivity index (χ1) is 14.8. The highest BCUT2D eigenvalue weighted by atomic mass is 79.9. The van der Waals surface area contributed by atoms with Gasteiger partial charge in [0.1, 0.15) is 16.0 Å². The number of benzene rings is 1. The van der Waals surface area contributed by atoms with Crippen LogP contribution in [-0.4, -0.2) is 26.5 Å². The largest absolute Gasteiger partial charge is 0.458 e. The molecule has 3 rings (SSSR count). The fourth-order valence-electron chi connectivity index (χ4n) is 3.30. The molecular formula is C23H25BrN2O5S. The molecule has 0 saturated carbocycles. The Balaban J connectivity index is 2.28. The minimum absolute atomic E-state index is 0.267. The Morgan fingerprint density at radius 3 is 2.22 bits per heavy atom. The molecule has 2 aromatic heterocycles. The second-order valence-electron chi connectivity index (χ2n) is 9.04. The minimum atomic E-state index is -1.59. The van der Waals surface area contributed by atoms with Crippen LogP contribution >= 0.6 is 27.3 Å². The summed E-state index contributed by atoms with van der Waals surface area (Å²) in [6, 6.07) is 8.61. The molecule has 0 aliphatic rings. The van der Waals surface area contributed by atoms with Gasteiger partial charge in [0.15, 0.2) is 5.78 Å². The molecule has 32 heavy (non-hydrogen) atoms. The molecule has 7 nitrogen and oxygen atoms in total. The molecule has 0 radical (unpaired) electrons. The number of ether oxygens (including phenoxy) is 1. The van der Waals surface area contributed by atoms with E-state index in [0.717, 1.165) is 4.57 Å². The smallest absolute Gasteiger partial charge is 0.333 e. The molecule has 0 aliphatic carbocycles. The van der Waals surface area contributed by atoms with E-state index in [9.17, 15) is 19.2 Å². The number of carbonyl (C=O) groups is 2. The molecule has 3 aromatic rings. The number of ketones is 1. The van der Waals surface area contributed by atoms with Gasteiger partial charge < -0.3 is 4.74 Å². The van der Waals surface area contributed by atoms with Gasteiger partial charge >= 0.3 is 11.7 Å². The first kappa shape index (κ1) is 24.1. The number of halogens is 1. The number of esters is 1. The third-order valence-electron chi connectivity index (χ3n) is 5.01. The Labute approximate surface area is 197 Å². The Kier molecular flexibility index (Phi) is 6.36. The first-order valence-electron chi connectivity index (χ1n) is 10.0. The van der Waals surface area contributed by atoms with Crippen LogP contribution in [0.3, 0.4) is 0 Å². The number of Topliss-reactive ketones (excluding diaryl/α,β-unsaturated/α-hetero) is 1. The number of aromatic nitrogens is 2. The van der Waals surface area contributed by atoms with Crippen molar-refractivity contribution in [2.45, 2.75) is 59.2 Å². The van der Waals surface area contributed by atoms with E-state index >= 15 is 0 Å². The van der Waals surface area contributed by atoms with Crippen molar-refractivity contribution in [1.82, 2.24) is 9.13 Å². The Morgan fingerprint density at radius 2 is 1.66 bits per heavy atom. The number of carbonyl (C=O) groups excluding carboxylic acids is 2. The first-order valence-corrected chi connectivity index (χ1v) is 11.6. The van der Waals surface area contributed by atoms with Crippen LogP contribution in [0.5, 0.6) is 0 Å². The lowest BCUT2D eigenvalue weighted by Gasteiger charge is -2.30. The second kappa shape index (κ2) is 8.44. The van der Waals surface area contributed by atoms with Crippen LogP contribution in [0.4, 0.5) is 0 Å². The van der Waals surface area contributed by atoms with Gasteiger partial charge in [-0.1, -0.05) is 30.3 Å². The van der Waals surface area contributed by atoms with Crippen molar-refractivity contribution in [2.24, 2.45) is 0 Å². The predicted molar refractivity (Wildman–Crippen MR) is 129 cm³/mol. The van der Waals surface area contributed by atoms with Crippen molar-refractivity contribution >= 4 is 49.2 Å². The Hall–Kier alpha value is -2.52. The third kappa shape index (κ3) is 4.36. The molecule has 1 aromatic carbocycles. The van der Waals surface area contributed by atoms with E-state index in [-0.39, 0.29) is 12.3 Å². The summed E-state index contributed by atoms with van der Waals surface area (Å²) in [5.74, 6) is -0.993. The van der Waals surface area contributed by atoms with Gasteiger partial charge in [0.2, 0.25) is 0 Å². The van der Waals surface area contributed by atoms with E-state index in [0.29, 0.717) is 25.1 Å². The van der Waals surface area contributed by atoms with Crippen LogP contribution in [0.15, 0.2) is 43.7 Å². The van der Waals surface area contributed by atoms with E-state index in [1.807, 2.05) is 0 Å². The molecule has 0 unspecified atom stereocenters. The van der Waals surface area contributed by atoms with E-state index in [2.05, 4.69) is 15.9 Å². The summed E-state index contributed by atoms with van der Waals surface area (Å²) in [6.45, 7) is 9.56. The molecule has 0 spiro atoms. The number of hydrogen-bond acceptors (Lipinski definition) is 6. The zero-order valence-electron chi connectivity index (χ0n) is 18.8. The molecule has 0 amide bonds. The van der Waals surface area contributed by atoms with Gasteiger partial charge in [-0.05, 0) is 63.0 Å². The van der Waals surface area contributed by atoms with E-state index < -0.39 is 28.4 Å². The molecule has 0 fully saturated rings. The quantitative estimate of drug-likeness (QED) is 0.370. The summed E-state index contributed by atoms with van der Waals surface area (Å²) >= 11 is 4.64. The highest BCUT2D eigenvalue weighted by molar-refractivity contribution is 9.11. The van der Waals surface area contributed by atoms with Gasteiger partial charge in [-0.2, -0.15) is 0 Å². The van der Waals surface area contributed by atoms with Gasteiger partial charge in [-0.15, -0.1) is 11.3 Å². The normalized spacial score (nSPS) is 12.2. The van der Waals surface area contributed by atoms with Gasteiger partial charge in [-0.3, -0.25) is 14.2 Å². The van der Waals surface area contributed by atoms with E-state index in [1.165, 1.54) is 29.8 Å². The molecular weight excluding hydrogens is 496 g/mol. The summed E-state index contributed by atoms with van der Waals surface area (Å²) in [5, 5.41) is 0.291. The van der Waals surface area contributed by atoms with Gasteiger partial charge in [0.25, 0.3) is 5.56 Å². The Morgan fingerprint density at radius 1 is 1.06 bits per heavy atom. The molecule has 0 aliphatic heterocycles. The van der Waals surface area contributed by atoms with Crippen molar-refractivity contribution in [3.8, 4) is 0 Å². The lowest BCUT2D eigenvalue weighted by Crippen LogP contribution is -2.54. The zero-order chi connectivity index (χ0) is 24.0. The monoisotopic (exact) mass is 520 g/mol. The van der Waals surface area contributed by atoms with Crippen LogP contribution in [0.1, 0.15) is 50.5 Å². The fourth-order valence-corrected chi connectivity index (χ4v) is 4.98. The lowest BCUT2D eigenvalue weighted by atomic mass is 10.0. The van der Waals surface area contributed by atoms with Gasteiger partial charge in [0, 0.05) is 5.56 Å². The third-order valence-corrected chi connectivity index (χ3v) is 7.19. The lowest BCUT2D eigenvalue weighted by molar-refractivity contribution is -0.164. The second-order valence-corrected chi connectivity index (χ2v) is 11.4. The summed E-state index contributed by atoms with van der Waals surface area (Å²) < 4.78 is 8.32. The Bertz CT molecular complexity index is 1330. The number of rotatable bonds is 5. The van der Waals surface area contributed by atoms with Crippen molar-refractivity contribution in [2.75, 3.05) is 0 Å². The minimum Gasteiger partial charge on any atom is -0.458 e. The summed E-state index contributed by atoms with van der Waals surface area (Å²) in [4.78, 5) is 53.3. The maximum atomic E-state index is 13.6. The standard InChI is InChI=1S/C23H25BrN2O5S/c1-13-16-18(28)26(23(5,6)20(29)31-22(2,3)4)21(30)25(19(16)32-17(13)24)12-15(27)14-10-8-7-9-11-14/h7-11H,12H2,1-6H3. The van der Waals surface area contributed by atoms with Crippen LogP contribution in [0.2, 0.25) is 0 Å². The van der Waals surface area contributed by atoms with Crippen LogP contribution < -0.4 is 11.2 Å². The maximum Gasteiger partial charge on any atom is 0.333 e. The summed E-state index contributed by atoms with van der Waals surface area (Å²) in [5.41, 5.74) is -2.63. The van der Waals surface area contributed by atoms with Crippen LogP contribution in [0, 0.1) is 6.92 Å². The average molecular weight is 521 g/mol. The topological polar surface area (TPSA) is 87.4 Å². The maximum absolute atomic E-state index is 13.6.